The summed E-state index contributed by atoms with van der Waals surface area (Å²) in [6.45, 7) is 12.5. The van der Waals surface area contributed by atoms with Gasteiger partial charge in [-0.05, 0) is 58.0 Å². The van der Waals surface area contributed by atoms with E-state index in [0.29, 0.717) is 17.7 Å². The number of piperidine rings is 1. The number of ether oxygens (including phenoxy) is 1. The predicted octanol–water partition coefficient (Wildman–Crippen LogP) is 2.28. The van der Waals surface area contributed by atoms with Gasteiger partial charge in [0.2, 0.25) is 5.91 Å². The number of hydrogen-bond acceptors (Lipinski definition) is 3. The summed E-state index contributed by atoms with van der Waals surface area (Å²) >= 11 is 0. The Morgan fingerprint density at radius 3 is 2.38 bits per heavy atom. The van der Waals surface area contributed by atoms with Crippen LogP contribution in [0.5, 0.6) is 0 Å². The van der Waals surface area contributed by atoms with Gasteiger partial charge in [0, 0.05) is 13.1 Å². The van der Waals surface area contributed by atoms with Gasteiger partial charge in [-0.15, -0.1) is 0 Å². The number of rotatable bonds is 5. The quantitative estimate of drug-likeness (QED) is 0.846. The SMILES string of the molecule is CCCN(CC1CCNCC1)C(=O)C1C(C)OC(C)C1C. The Labute approximate surface area is 129 Å². The summed E-state index contributed by atoms with van der Waals surface area (Å²) in [5.41, 5.74) is 0. The maximum Gasteiger partial charge on any atom is 0.228 e. The van der Waals surface area contributed by atoms with E-state index in [9.17, 15) is 4.79 Å². The number of hydrogen-bond donors (Lipinski definition) is 1. The molecule has 1 N–H and O–H groups in total. The summed E-state index contributed by atoms with van der Waals surface area (Å²) in [5, 5.41) is 3.40. The molecule has 2 rings (SSSR count). The van der Waals surface area contributed by atoms with E-state index in [1.165, 1.54) is 12.8 Å². The van der Waals surface area contributed by atoms with Gasteiger partial charge in [0.25, 0.3) is 0 Å². The van der Waals surface area contributed by atoms with Gasteiger partial charge in [-0.2, -0.15) is 0 Å². The van der Waals surface area contributed by atoms with E-state index in [2.05, 4.69) is 37.9 Å². The third-order valence-electron chi connectivity index (χ3n) is 5.27. The first-order chi connectivity index (χ1) is 10.0. The average Bonchev–Trinajstić information content (AvgIpc) is 2.72. The van der Waals surface area contributed by atoms with Crippen molar-refractivity contribution in [2.75, 3.05) is 26.2 Å². The third kappa shape index (κ3) is 3.98. The Bertz CT molecular complexity index is 342. The standard InChI is InChI=1S/C17H32N2O2/c1-5-10-19(11-15-6-8-18-9-7-15)17(20)16-12(2)13(3)21-14(16)4/h12-16,18H,5-11H2,1-4H3. The van der Waals surface area contributed by atoms with Gasteiger partial charge in [-0.1, -0.05) is 13.8 Å². The summed E-state index contributed by atoms with van der Waals surface area (Å²) in [6.07, 6.45) is 3.65. The molecule has 0 aromatic heterocycles. The minimum atomic E-state index is 0.0354. The van der Waals surface area contributed by atoms with Crippen molar-refractivity contribution in [2.24, 2.45) is 17.8 Å². The Kier molecular flexibility index (Phi) is 6.06. The zero-order valence-corrected chi connectivity index (χ0v) is 14.1. The average molecular weight is 296 g/mol. The van der Waals surface area contributed by atoms with Crippen molar-refractivity contribution in [3.05, 3.63) is 0 Å². The van der Waals surface area contributed by atoms with E-state index in [4.69, 9.17) is 4.74 Å². The molecule has 4 heteroatoms. The van der Waals surface area contributed by atoms with Crippen LogP contribution < -0.4 is 5.32 Å². The van der Waals surface area contributed by atoms with Crippen molar-refractivity contribution in [1.29, 1.82) is 0 Å². The van der Waals surface area contributed by atoms with E-state index >= 15 is 0 Å². The second kappa shape index (κ2) is 7.59. The molecule has 0 spiro atoms. The highest BCUT2D eigenvalue weighted by Crippen LogP contribution is 2.34. The molecule has 2 fully saturated rings. The third-order valence-corrected chi connectivity index (χ3v) is 5.27. The van der Waals surface area contributed by atoms with Gasteiger partial charge in [0.15, 0.2) is 0 Å². The summed E-state index contributed by atoms with van der Waals surface area (Å²) in [4.78, 5) is 15.1. The second-order valence-corrected chi connectivity index (χ2v) is 6.91. The lowest BCUT2D eigenvalue weighted by Crippen LogP contribution is -2.45. The highest BCUT2D eigenvalue weighted by molar-refractivity contribution is 5.80. The molecule has 4 unspecified atom stereocenters. The molecule has 2 heterocycles. The van der Waals surface area contributed by atoms with Gasteiger partial charge < -0.3 is 15.0 Å². The molecule has 0 bridgehead atoms. The van der Waals surface area contributed by atoms with E-state index in [0.717, 1.165) is 32.6 Å². The molecule has 2 aliphatic heterocycles. The molecule has 21 heavy (non-hydrogen) atoms. The van der Waals surface area contributed by atoms with Gasteiger partial charge in [-0.25, -0.2) is 0 Å². The number of nitrogens with zero attached hydrogens (tertiary/aromatic N) is 1. The van der Waals surface area contributed by atoms with E-state index in [-0.39, 0.29) is 18.1 Å². The van der Waals surface area contributed by atoms with E-state index < -0.39 is 0 Å². The van der Waals surface area contributed by atoms with E-state index in [1.807, 2.05) is 0 Å². The van der Waals surface area contributed by atoms with Gasteiger partial charge >= 0.3 is 0 Å². The van der Waals surface area contributed by atoms with E-state index in [1.54, 1.807) is 0 Å². The monoisotopic (exact) mass is 296 g/mol. The minimum absolute atomic E-state index is 0.0354. The lowest BCUT2D eigenvalue weighted by molar-refractivity contribution is -0.138. The Hall–Kier alpha value is -0.610. The predicted molar refractivity (Wildman–Crippen MR) is 85.1 cm³/mol. The fourth-order valence-corrected chi connectivity index (χ4v) is 3.84. The van der Waals surface area contributed by atoms with Crippen molar-refractivity contribution in [2.45, 2.75) is 59.2 Å². The maximum atomic E-state index is 13.0. The molecule has 2 saturated heterocycles. The molecule has 0 aromatic carbocycles. The van der Waals surface area contributed by atoms with Gasteiger partial charge in [-0.3, -0.25) is 4.79 Å². The van der Waals surface area contributed by atoms with Crippen LogP contribution in [0, 0.1) is 17.8 Å². The molecule has 4 nitrogen and oxygen atoms in total. The molecule has 0 aromatic rings. The lowest BCUT2D eigenvalue weighted by atomic mass is 9.87. The Morgan fingerprint density at radius 2 is 1.86 bits per heavy atom. The topological polar surface area (TPSA) is 41.6 Å². The summed E-state index contributed by atoms with van der Waals surface area (Å²) in [5.74, 6) is 1.33. The molecule has 1 amide bonds. The first-order valence-electron chi connectivity index (χ1n) is 8.69. The zero-order valence-electron chi connectivity index (χ0n) is 14.1. The Morgan fingerprint density at radius 1 is 1.19 bits per heavy atom. The molecular formula is C17H32N2O2. The number of amides is 1. The van der Waals surface area contributed by atoms with Crippen LogP contribution in [0.15, 0.2) is 0 Å². The van der Waals surface area contributed by atoms with Crippen molar-refractivity contribution in [1.82, 2.24) is 10.2 Å². The van der Waals surface area contributed by atoms with Crippen LogP contribution in [-0.4, -0.2) is 49.2 Å². The van der Waals surface area contributed by atoms with Crippen LogP contribution in [-0.2, 0) is 9.53 Å². The fraction of sp³-hybridized carbons (Fsp3) is 0.941. The second-order valence-electron chi connectivity index (χ2n) is 6.91. The highest BCUT2D eigenvalue weighted by atomic mass is 16.5. The van der Waals surface area contributed by atoms with Crippen LogP contribution in [0.4, 0.5) is 0 Å². The fourth-order valence-electron chi connectivity index (χ4n) is 3.84. The molecular weight excluding hydrogens is 264 g/mol. The van der Waals surface area contributed by atoms with Crippen LogP contribution in [0.25, 0.3) is 0 Å². The molecule has 0 aliphatic carbocycles. The summed E-state index contributed by atoms with van der Waals surface area (Å²) < 4.78 is 5.87. The minimum Gasteiger partial charge on any atom is -0.374 e. The maximum absolute atomic E-state index is 13.0. The molecule has 2 aliphatic rings. The number of carbonyl (C=O) groups is 1. The molecule has 0 radical (unpaired) electrons. The van der Waals surface area contributed by atoms with Crippen molar-refractivity contribution >= 4 is 5.91 Å². The summed E-state index contributed by atoms with van der Waals surface area (Å²) in [6, 6.07) is 0. The van der Waals surface area contributed by atoms with Crippen LogP contribution in [0.2, 0.25) is 0 Å². The van der Waals surface area contributed by atoms with Crippen LogP contribution in [0.1, 0.15) is 47.0 Å². The largest absolute Gasteiger partial charge is 0.374 e. The van der Waals surface area contributed by atoms with Crippen molar-refractivity contribution < 1.29 is 9.53 Å². The number of carbonyl (C=O) groups excluding carboxylic acids is 1. The van der Waals surface area contributed by atoms with Crippen molar-refractivity contribution in [3.8, 4) is 0 Å². The molecule has 4 atom stereocenters. The first-order valence-corrected chi connectivity index (χ1v) is 8.69. The first kappa shape index (κ1) is 16.8. The smallest absolute Gasteiger partial charge is 0.228 e. The van der Waals surface area contributed by atoms with Crippen LogP contribution >= 0.6 is 0 Å². The Balaban J connectivity index is 2.00. The van der Waals surface area contributed by atoms with Crippen LogP contribution in [0.3, 0.4) is 0 Å². The normalized spacial score (nSPS) is 34.1. The zero-order chi connectivity index (χ0) is 15.4. The van der Waals surface area contributed by atoms with Gasteiger partial charge in [0.05, 0.1) is 18.1 Å². The van der Waals surface area contributed by atoms with Crippen molar-refractivity contribution in [3.63, 3.8) is 0 Å². The lowest BCUT2D eigenvalue weighted by Gasteiger charge is -2.33. The summed E-state index contributed by atoms with van der Waals surface area (Å²) in [7, 11) is 0. The van der Waals surface area contributed by atoms with Gasteiger partial charge in [0.1, 0.15) is 0 Å². The molecule has 0 saturated carbocycles. The number of nitrogens with one attached hydrogen (secondary N) is 1. The highest BCUT2D eigenvalue weighted by Gasteiger charge is 2.43. The molecule has 122 valence electrons.